The van der Waals surface area contributed by atoms with E-state index in [4.69, 9.17) is 11.6 Å². The Morgan fingerprint density at radius 3 is 2.67 bits per heavy atom. The molecule has 144 valence electrons. The van der Waals surface area contributed by atoms with E-state index in [1.807, 2.05) is 25.1 Å². The number of aryl methyl sites for hydroxylation is 1. The Morgan fingerprint density at radius 2 is 1.96 bits per heavy atom. The molecule has 1 N–H and O–H groups in total. The third kappa shape index (κ3) is 5.09. The first-order valence-electron chi connectivity index (χ1n) is 8.94. The maximum absolute atomic E-state index is 12.8. The Balaban J connectivity index is 1.67. The molecule has 2 aromatic carbocycles. The quantitative estimate of drug-likeness (QED) is 0.820. The van der Waals surface area contributed by atoms with Gasteiger partial charge in [0.1, 0.15) is 0 Å². The summed E-state index contributed by atoms with van der Waals surface area (Å²) in [5.41, 5.74) is 2.33. The van der Waals surface area contributed by atoms with Crippen LogP contribution < -0.4 is 5.32 Å². The number of amides is 1. The summed E-state index contributed by atoms with van der Waals surface area (Å²) in [5, 5.41) is 3.52. The van der Waals surface area contributed by atoms with Crippen molar-refractivity contribution in [1.82, 2.24) is 4.31 Å². The summed E-state index contributed by atoms with van der Waals surface area (Å²) < 4.78 is 27.0. The predicted molar refractivity (Wildman–Crippen MR) is 108 cm³/mol. The van der Waals surface area contributed by atoms with Crippen LogP contribution in [0.25, 0.3) is 0 Å². The molecule has 1 amide bonds. The maximum atomic E-state index is 12.8. The molecule has 5 nitrogen and oxygen atoms in total. The number of carbonyl (C=O) groups excluding carboxylic acids is 1. The van der Waals surface area contributed by atoms with Gasteiger partial charge in [-0.3, -0.25) is 4.79 Å². The fraction of sp³-hybridized carbons (Fsp3) is 0.350. The SMILES string of the molecule is Cc1cc(Cl)ccc1NC(=O)[C@H]1CCCN(S(=O)(=O)Cc2ccccc2)C1. The molecular formula is C20H23ClN2O3S. The number of nitrogens with one attached hydrogen (secondary N) is 1. The first kappa shape index (κ1) is 19.9. The van der Waals surface area contributed by atoms with Gasteiger partial charge in [-0.05, 0) is 49.1 Å². The van der Waals surface area contributed by atoms with Crippen molar-refractivity contribution in [2.45, 2.75) is 25.5 Å². The van der Waals surface area contributed by atoms with Gasteiger partial charge in [-0.25, -0.2) is 12.7 Å². The molecule has 0 radical (unpaired) electrons. The topological polar surface area (TPSA) is 66.5 Å². The fourth-order valence-electron chi connectivity index (χ4n) is 3.29. The lowest BCUT2D eigenvalue weighted by molar-refractivity contribution is -0.120. The number of benzene rings is 2. The molecule has 1 heterocycles. The van der Waals surface area contributed by atoms with E-state index in [-0.39, 0.29) is 24.1 Å². The van der Waals surface area contributed by atoms with Crippen LogP contribution in [0.3, 0.4) is 0 Å². The zero-order valence-electron chi connectivity index (χ0n) is 15.2. The minimum absolute atomic E-state index is 0.0432. The number of rotatable bonds is 5. The molecule has 1 fully saturated rings. The summed E-state index contributed by atoms with van der Waals surface area (Å²) in [6.07, 6.45) is 1.35. The van der Waals surface area contributed by atoms with E-state index in [2.05, 4.69) is 5.32 Å². The molecule has 1 saturated heterocycles. The van der Waals surface area contributed by atoms with Crippen LogP contribution in [0.5, 0.6) is 0 Å². The van der Waals surface area contributed by atoms with Crippen molar-refractivity contribution in [2.75, 3.05) is 18.4 Å². The van der Waals surface area contributed by atoms with E-state index in [1.165, 1.54) is 4.31 Å². The molecule has 0 spiro atoms. The highest BCUT2D eigenvalue weighted by Crippen LogP contribution is 2.25. The molecule has 1 atom stereocenters. The van der Waals surface area contributed by atoms with Crippen molar-refractivity contribution in [1.29, 1.82) is 0 Å². The van der Waals surface area contributed by atoms with Crippen LogP contribution in [-0.4, -0.2) is 31.7 Å². The first-order chi connectivity index (χ1) is 12.8. The highest BCUT2D eigenvalue weighted by molar-refractivity contribution is 7.88. The number of sulfonamides is 1. The average molecular weight is 407 g/mol. The van der Waals surface area contributed by atoms with Gasteiger partial charge in [0.25, 0.3) is 0 Å². The van der Waals surface area contributed by atoms with Crippen LogP contribution in [0, 0.1) is 12.8 Å². The number of carbonyl (C=O) groups is 1. The van der Waals surface area contributed by atoms with Gasteiger partial charge in [0, 0.05) is 23.8 Å². The largest absolute Gasteiger partial charge is 0.326 e. The van der Waals surface area contributed by atoms with E-state index in [0.29, 0.717) is 30.1 Å². The summed E-state index contributed by atoms with van der Waals surface area (Å²) in [6.45, 7) is 2.55. The van der Waals surface area contributed by atoms with Crippen LogP contribution in [0.1, 0.15) is 24.0 Å². The van der Waals surface area contributed by atoms with E-state index < -0.39 is 10.0 Å². The molecule has 7 heteroatoms. The van der Waals surface area contributed by atoms with Crippen molar-refractivity contribution in [3.05, 3.63) is 64.7 Å². The van der Waals surface area contributed by atoms with Crippen LogP contribution >= 0.6 is 11.6 Å². The second-order valence-electron chi connectivity index (χ2n) is 6.89. The van der Waals surface area contributed by atoms with E-state index in [9.17, 15) is 13.2 Å². The Hall–Kier alpha value is -1.89. The molecule has 0 saturated carbocycles. The molecule has 0 bridgehead atoms. The molecule has 3 rings (SSSR count). The summed E-state index contributed by atoms with van der Waals surface area (Å²) >= 11 is 5.95. The summed E-state index contributed by atoms with van der Waals surface area (Å²) in [4.78, 5) is 12.7. The number of hydrogen-bond donors (Lipinski definition) is 1. The van der Waals surface area contributed by atoms with Crippen molar-refractivity contribution in [3.63, 3.8) is 0 Å². The Labute approximate surface area is 165 Å². The van der Waals surface area contributed by atoms with Crippen molar-refractivity contribution < 1.29 is 13.2 Å². The standard InChI is InChI=1S/C20H23ClN2O3S/c1-15-12-18(21)9-10-19(15)22-20(24)17-8-5-11-23(13-17)27(25,26)14-16-6-3-2-4-7-16/h2-4,6-7,9-10,12,17H,5,8,11,13-14H2,1H3,(H,22,24)/t17-/m0/s1. The molecule has 0 aliphatic carbocycles. The van der Waals surface area contributed by atoms with Gasteiger partial charge in [-0.1, -0.05) is 41.9 Å². The number of hydrogen-bond acceptors (Lipinski definition) is 3. The average Bonchev–Trinajstić information content (AvgIpc) is 2.64. The number of anilines is 1. The third-order valence-electron chi connectivity index (χ3n) is 4.79. The molecule has 0 unspecified atom stereocenters. The van der Waals surface area contributed by atoms with E-state index >= 15 is 0 Å². The summed E-state index contributed by atoms with van der Waals surface area (Å²) in [5.74, 6) is -0.558. The summed E-state index contributed by atoms with van der Waals surface area (Å²) in [7, 11) is -3.45. The maximum Gasteiger partial charge on any atom is 0.228 e. The van der Waals surface area contributed by atoms with Crippen LogP contribution in [-0.2, 0) is 20.6 Å². The van der Waals surface area contributed by atoms with Gasteiger partial charge < -0.3 is 5.32 Å². The van der Waals surface area contributed by atoms with Gasteiger partial charge in [0.05, 0.1) is 11.7 Å². The Kier molecular flexibility index (Phi) is 6.19. The highest BCUT2D eigenvalue weighted by Gasteiger charge is 2.32. The normalized spacial score (nSPS) is 18.2. The molecular weight excluding hydrogens is 384 g/mol. The molecule has 27 heavy (non-hydrogen) atoms. The van der Waals surface area contributed by atoms with E-state index in [0.717, 1.165) is 11.1 Å². The third-order valence-corrected chi connectivity index (χ3v) is 6.84. The van der Waals surface area contributed by atoms with Gasteiger partial charge in [0.15, 0.2) is 0 Å². The number of halogens is 1. The van der Waals surface area contributed by atoms with Gasteiger partial charge >= 0.3 is 0 Å². The summed E-state index contributed by atoms with van der Waals surface area (Å²) in [6, 6.07) is 14.4. The number of nitrogens with zero attached hydrogens (tertiary/aromatic N) is 1. The van der Waals surface area contributed by atoms with Crippen molar-refractivity contribution in [2.24, 2.45) is 5.92 Å². The minimum atomic E-state index is -3.45. The van der Waals surface area contributed by atoms with Crippen molar-refractivity contribution >= 4 is 33.2 Å². The van der Waals surface area contributed by atoms with Crippen molar-refractivity contribution in [3.8, 4) is 0 Å². The zero-order valence-corrected chi connectivity index (χ0v) is 16.8. The highest BCUT2D eigenvalue weighted by atomic mass is 35.5. The second kappa shape index (κ2) is 8.42. The predicted octanol–water partition coefficient (Wildman–Crippen LogP) is 3.83. The van der Waals surface area contributed by atoms with E-state index in [1.54, 1.807) is 30.3 Å². The fourth-order valence-corrected chi connectivity index (χ4v) is 5.12. The Bertz CT molecular complexity index is 916. The molecule has 0 aromatic heterocycles. The lowest BCUT2D eigenvalue weighted by atomic mass is 9.98. The van der Waals surface area contributed by atoms with Gasteiger partial charge in [-0.2, -0.15) is 0 Å². The molecule has 2 aromatic rings. The van der Waals surface area contributed by atoms with Crippen LogP contribution in [0.15, 0.2) is 48.5 Å². The minimum Gasteiger partial charge on any atom is -0.326 e. The van der Waals surface area contributed by atoms with Gasteiger partial charge in [0.2, 0.25) is 15.9 Å². The monoisotopic (exact) mass is 406 g/mol. The lowest BCUT2D eigenvalue weighted by Crippen LogP contribution is -2.44. The molecule has 1 aliphatic rings. The molecule has 1 aliphatic heterocycles. The van der Waals surface area contributed by atoms with Gasteiger partial charge in [-0.15, -0.1) is 0 Å². The van der Waals surface area contributed by atoms with Crippen LogP contribution in [0.2, 0.25) is 5.02 Å². The number of piperidine rings is 1. The lowest BCUT2D eigenvalue weighted by Gasteiger charge is -2.31. The van der Waals surface area contributed by atoms with Crippen LogP contribution in [0.4, 0.5) is 5.69 Å². The second-order valence-corrected chi connectivity index (χ2v) is 9.29. The zero-order chi connectivity index (χ0) is 19.4. The smallest absolute Gasteiger partial charge is 0.228 e. The Morgan fingerprint density at radius 1 is 1.22 bits per heavy atom. The first-order valence-corrected chi connectivity index (χ1v) is 10.9.